The van der Waals surface area contributed by atoms with Crippen molar-refractivity contribution >= 4 is 0 Å². The molecule has 0 radical (unpaired) electrons. The molecule has 0 saturated carbocycles. The zero-order valence-corrected chi connectivity index (χ0v) is 9.14. The summed E-state index contributed by atoms with van der Waals surface area (Å²) in [6, 6.07) is 11.5. The summed E-state index contributed by atoms with van der Waals surface area (Å²) in [6.45, 7) is 2.53. The third-order valence-corrected chi connectivity index (χ3v) is 2.31. The number of aliphatic hydroxyl groups is 1. The first-order valence-corrected chi connectivity index (χ1v) is 4.89. The highest BCUT2D eigenvalue weighted by Gasteiger charge is 2.24. The van der Waals surface area contributed by atoms with Crippen molar-refractivity contribution in [2.75, 3.05) is 20.1 Å². The fourth-order valence-electron chi connectivity index (χ4n) is 1.59. The van der Waals surface area contributed by atoms with E-state index in [4.69, 9.17) is 5.26 Å². The third kappa shape index (κ3) is 3.35. The van der Waals surface area contributed by atoms with Crippen molar-refractivity contribution < 1.29 is 5.11 Å². The van der Waals surface area contributed by atoms with Gasteiger partial charge >= 0.3 is 0 Å². The molecule has 15 heavy (non-hydrogen) atoms. The quantitative estimate of drug-likeness (QED) is 0.753. The van der Waals surface area contributed by atoms with E-state index in [1.54, 1.807) is 11.8 Å². The standard InChI is InChI=1S/C12H16N2O/c1-12(15,10-14(2)9-8-13)11-6-4-3-5-7-11/h3-7,15H,9-10H2,1-2H3. The van der Waals surface area contributed by atoms with Crippen LogP contribution in [-0.4, -0.2) is 30.1 Å². The molecule has 1 aromatic rings. The predicted molar refractivity (Wildman–Crippen MR) is 59.1 cm³/mol. The van der Waals surface area contributed by atoms with E-state index in [1.807, 2.05) is 37.4 Å². The molecule has 3 heteroatoms. The van der Waals surface area contributed by atoms with E-state index in [-0.39, 0.29) is 0 Å². The summed E-state index contributed by atoms with van der Waals surface area (Å²) in [6.07, 6.45) is 0. The molecule has 80 valence electrons. The van der Waals surface area contributed by atoms with Gasteiger partial charge in [-0.2, -0.15) is 5.26 Å². The second-order valence-electron chi connectivity index (χ2n) is 3.97. The molecule has 0 bridgehead atoms. The van der Waals surface area contributed by atoms with Gasteiger partial charge in [-0.3, -0.25) is 4.90 Å². The molecule has 1 N–H and O–H groups in total. The van der Waals surface area contributed by atoms with E-state index in [9.17, 15) is 5.11 Å². The van der Waals surface area contributed by atoms with Gasteiger partial charge in [-0.25, -0.2) is 0 Å². The molecule has 1 rings (SSSR count). The summed E-state index contributed by atoms with van der Waals surface area (Å²) in [5.41, 5.74) is -0.0397. The Morgan fingerprint density at radius 1 is 1.40 bits per heavy atom. The molecule has 0 aromatic heterocycles. The average Bonchev–Trinajstić information content (AvgIpc) is 2.18. The highest BCUT2D eigenvalue weighted by Crippen LogP contribution is 2.20. The van der Waals surface area contributed by atoms with Crippen LogP contribution in [0.4, 0.5) is 0 Å². The molecule has 1 aromatic carbocycles. The molecule has 0 spiro atoms. The molecule has 0 aliphatic heterocycles. The monoisotopic (exact) mass is 204 g/mol. The van der Waals surface area contributed by atoms with Gasteiger partial charge in [0.25, 0.3) is 0 Å². The minimum Gasteiger partial charge on any atom is -0.384 e. The van der Waals surface area contributed by atoms with Crippen molar-refractivity contribution in [1.82, 2.24) is 4.90 Å². The average molecular weight is 204 g/mol. The number of hydrogen-bond donors (Lipinski definition) is 1. The van der Waals surface area contributed by atoms with Gasteiger partial charge in [-0.15, -0.1) is 0 Å². The summed E-state index contributed by atoms with van der Waals surface area (Å²) in [5, 5.41) is 18.8. The fourth-order valence-corrected chi connectivity index (χ4v) is 1.59. The Balaban J connectivity index is 2.72. The van der Waals surface area contributed by atoms with Crippen LogP contribution in [0.15, 0.2) is 30.3 Å². The van der Waals surface area contributed by atoms with Gasteiger partial charge in [0.15, 0.2) is 0 Å². The lowest BCUT2D eigenvalue weighted by Crippen LogP contribution is -2.36. The van der Waals surface area contributed by atoms with Crippen LogP contribution in [0.2, 0.25) is 0 Å². The van der Waals surface area contributed by atoms with Crippen LogP contribution in [0.3, 0.4) is 0 Å². The Labute approximate surface area is 90.6 Å². The van der Waals surface area contributed by atoms with Crippen molar-refractivity contribution in [3.05, 3.63) is 35.9 Å². The van der Waals surface area contributed by atoms with Gasteiger partial charge in [-0.05, 0) is 19.5 Å². The first kappa shape index (κ1) is 11.7. The van der Waals surface area contributed by atoms with E-state index in [1.165, 1.54) is 0 Å². The minimum absolute atomic E-state index is 0.322. The number of hydrogen-bond acceptors (Lipinski definition) is 3. The number of likely N-dealkylation sites (N-methyl/N-ethyl adjacent to an activating group) is 1. The summed E-state index contributed by atoms with van der Waals surface area (Å²) >= 11 is 0. The Kier molecular flexibility index (Phi) is 3.84. The fraction of sp³-hybridized carbons (Fsp3) is 0.417. The molecule has 0 saturated heterocycles. The van der Waals surface area contributed by atoms with E-state index in [2.05, 4.69) is 6.07 Å². The second-order valence-corrected chi connectivity index (χ2v) is 3.97. The second kappa shape index (κ2) is 4.92. The van der Waals surface area contributed by atoms with Crippen LogP contribution in [0.1, 0.15) is 12.5 Å². The molecular formula is C12H16N2O. The highest BCUT2D eigenvalue weighted by atomic mass is 16.3. The lowest BCUT2D eigenvalue weighted by atomic mass is 9.96. The molecule has 0 fully saturated rings. The van der Waals surface area contributed by atoms with E-state index >= 15 is 0 Å². The Bertz CT molecular complexity index is 340. The lowest BCUT2D eigenvalue weighted by molar-refractivity contribution is 0.0268. The predicted octanol–water partition coefficient (Wildman–Crippen LogP) is 1.35. The molecule has 0 aliphatic rings. The largest absolute Gasteiger partial charge is 0.384 e. The van der Waals surface area contributed by atoms with Crippen LogP contribution in [0.25, 0.3) is 0 Å². The van der Waals surface area contributed by atoms with E-state index in [0.29, 0.717) is 13.1 Å². The van der Waals surface area contributed by atoms with Crippen molar-refractivity contribution in [2.45, 2.75) is 12.5 Å². The number of benzene rings is 1. The van der Waals surface area contributed by atoms with Crippen molar-refractivity contribution in [3.8, 4) is 6.07 Å². The molecule has 1 atom stereocenters. The Hall–Kier alpha value is -1.37. The maximum atomic E-state index is 10.2. The molecule has 0 amide bonds. The Morgan fingerprint density at radius 2 is 2.00 bits per heavy atom. The van der Waals surface area contributed by atoms with Crippen LogP contribution in [0, 0.1) is 11.3 Å². The van der Waals surface area contributed by atoms with Crippen LogP contribution in [0.5, 0.6) is 0 Å². The molecule has 3 nitrogen and oxygen atoms in total. The van der Waals surface area contributed by atoms with E-state index in [0.717, 1.165) is 5.56 Å². The zero-order chi connectivity index (χ0) is 11.3. The van der Waals surface area contributed by atoms with Crippen LogP contribution < -0.4 is 0 Å². The number of nitriles is 1. The minimum atomic E-state index is -0.910. The molecular weight excluding hydrogens is 188 g/mol. The van der Waals surface area contributed by atoms with Gasteiger partial charge in [0, 0.05) is 6.54 Å². The first-order valence-electron chi connectivity index (χ1n) is 4.89. The van der Waals surface area contributed by atoms with Gasteiger partial charge in [0.05, 0.1) is 18.2 Å². The normalized spacial score (nSPS) is 14.6. The SMILES string of the molecule is CN(CC#N)CC(C)(O)c1ccccc1. The molecule has 0 heterocycles. The molecule has 0 aliphatic carbocycles. The Morgan fingerprint density at radius 3 is 2.53 bits per heavy atom. The topological polar surface area (TPSA) is 47.3 Å². The maximum absolute atomic E-state index is 10.2. The van der Waals surface area contributed by atoms with Gasteiger partial charge in [0.2, 0.25) is 0 Å². The zero-order valence-electron chi connectivity index (χ0n) is 9.14. The third-order valence-electron chi connectivity index (χ3n) is 2.31. The number of rotatable bonds is 4. The smallest absolute Gasteiger partial charge is 0.0995 e. The van der Waals surface area contributed by atoms with Crippen LogP contribution >= 0.6 is 0 Å². The van der Waals surface area contributed by atoms with Crippen molar-refractivity contribution in [2.24, 2.45) is 0 Å². The summed E-state index contributed by atoms with van der Waals surface area (Å²) in [5.74, 6) is 0. The van der Waals surface area contributed by atoms with Gasteiger partial charge < -0.3 is 5.11 Å². The molecule has 1 unspecified atom stereocenters. The van der Waals surface area contributed by atoms with E-state index < -0.39 is 5.60 Å². The van der Waals surface area contributed by atoms with Gasteiger partial charge in [0.1, 0.15) is 0 Å². The van der Waals surface area contributed by atoms with Crippen molar-refractivity contribution in [1.29, 1.82) is 5.26 Å². The van der Waals surface area contributed by atoms with Gasteiger partial charge in [-0.1, -0.05) is 30.3 Å². The summed E-state index contributed by atoms with van der Waals surface area (Å²) in [7, 11) is 1.82. The maximum Gasteiger partial charge on any atom is 0.0995 e. The number of nitrogens with zero attached hydrogens (tertiary/aromatic N) is 2. The lowest BCUT2D eigenvalue weighted by Gasteiger charge is -2.28. The highest BCUT2D eigenvalue weighted by molar-refractivity contribution is 5.21. The van der Waals surface area contributed by atoms with Crippen molar-refractivity contribution in [3.63, 3.8) is 0 Å². The van der Waals surface area contributed by atoms with Crippen LogP contribution in [-0.2, 0) is 5.60 Å². The first-order chi connectivity index (χ1) is 7.06. The summed E-state index contributed by atoms with van der Waals surface area (Å²) < 4.78 is 0. The summed E-state index contributed by atoms with van der Waals surface area (Å²) in [4.78, 5) is 1.80.